The SMILES string of the molecule is CCc1ccc(Cc2ccc(Cc3ccc(Cc4ccc(CC)c(CC)c4)c(CC)c3)cc2CC)cc1CC. The molecule has 0 saturated heterocycles. The second-order valence-electron chi connectivity index (χ2n) is 11.1. The van der Waals surface area contributed by atoms with Crippen molar-refractivity contribution in [3.63, 3.8) is 0 Å². The largest absolute Gasteiger partial charge is 0.0613 e. The summed E-state index contributed by atoms with van der Waals surface area (Å²) in [4.78, 5) is 0. The van der Waals surface area contributed by atoms with Gasteiger partial charge in [-0.25, -0.2) is 0 Å². The average molecular weight is 517 g/mol. The first kappa shape index (κ1) is 28.9. The third-order valence-electron chi connectivity index (χ3n) is 8.57. The minimum Gasteiger partial charge on any atom is -0.0613 e. The van der Waals surface area contributed by atoms with E-state index in [2.05, 4.69) is 114 Å². The number of benzene rings is 4. The molecule has 0 radical (unpaired) electrons. The van der Waals surface area contributed by atoms with Crippen LogP contribution in [0.4, 0.5) is 0 Å². The maximum absolute atomic E-state index is 2.46. The second-order valence-corrected chi connectivity index (χ2v) is 11.1. The zero-order valence-electron chi connectivity index (χ0n) is 25.3. The highest BCUT2D eigenvalue weighted by molar-refractivity contribution is 5.43. The molecule has 0 saturated carbocycles. The van der Waals surface area contributed by atoms with Gasteiger partial charge < -0.3 is 0 Å². The van der Waals surface area contributed by atoms with Crippen LogP contribution in [0.5, 0.6) is 0 Å². The highest BCUT2D eigenvalue weighted by Crippen LogP contribution is 2.24. The third-order valence-corrected chi connectivity index (χ3v) is 8.57. The van der Waals surface area contributed by atoms with Gasteiger partial charge in [-0.05, 0) is 125 Å². The lowest BCUT2D eigenvalue weighted by Crippen LogP contribution is -2.01. The molecule has 4 rings (SSSR count). The molecule has 0 aliphatic rings. The van der Waals surface area contributed by atoms with Crippen LogP contribution in [0.2, 0.25) is 0 Å². The van der Waals surface area contributed by atoms with E-state index in [9.17, 15) is 0 Å². The van der Waals surface area contributed by atoms with Crippen molar-refractivity contribution in [1.29, 1.82) is 0 Å². The fraction of sp³-hybridized carbons (Fsp3) is 0.385. The maximum atomic E-state index is 2.46. The second kappa shape index (κ2) is 13.8. The van der Waals surface area contributed by atoms with Crippen LogP contribution in [0.15, 0.2) is 72.8 Å². The van der Waals surface area contributed by atoms with Crippen LogP contribution in [0.1, 0.15) is 108 Å². The van der Waals surface area contributed by atoms with Gasteiger partial charge in [0, 0.05) is 0 Å². The van der Waals surface area contributed by atoms with Crippen LogP contribution in [-0.2, 0) is 57.8 Å². The van der Waals surface area contributed by atoms with Crippen molar-refractivity contribution in [2.75, 3.05) is 0 Å². The Morgan fingerprint density at radius 3 is 0.846 bits per heavy atom. The molecular formula is C39H48. The highest BCUT2D eigenvalue weighted by atomic mass is 14.1. The summed E-state index contributed by atoms with van der Waals surface area (Å²) in [5.74, 6) is 0. The molecule has 0 heteroatoms. The van der Waals surface area contributed by atoms with Gasteiger partial charge in [0.2, 0.25) is 0 Å². The van der Waals surface area contributed by atoms with E-state index in [-0.39, 0.29) is 0 Å². The lowest BCUT2D eigenvalue weighted by molar-refractivity contribution is 1.00. The zero-order valence-corrected chi connectivity index (χ0v) is 25.3. The third kappa shape index (κ3) is 7.10. The normalized spacial score (nSPS) is 11.2. The van der Waals surface area contributed by atoms with Crippen molar-refractivity contribution in [2.45, 2.75) is 99.3 Å². The molecule has 0 aliphatic heterocycles. The average Bonchev–Trinajstić information content (AvgIpc) is 2.98. The van der Waals surface area contributed by atoms with Crippen molar-refractivity contribution < 1.29 is 0 Å². The Balaban J connectivity index is 1.51. The van der Waals surface area contributed by atoms with E-state index in [1.807, 2.05) is 0 Å². The monoisotopic (exact) mass is 516 g/mol. The van der Waals surface area contributed by atoms with Crippen LogP contribution in [-0.4, -0.2) is 0 Å². The quantitative estimate of drug-likeness (QED) is 0.176. The minimum atomic E-state index is 0.997. The Morgan fingerprint density at radius 2 is 0.538 bits per heavy atom. The van der Waals surface area contributed by atoms with Crippen LogP contribution in [0, 0.1) is 0 Å². The Hall–Kier alpha value is -3.12. The van der Waals surface area contributed by atoms with Gasteiger partial charge in [0.25, 0.3) is 0 Å². The molecule has 0 N–H and O–H groups in total. The van der Waals surface area contributed by atoms with E-state index < -0.39 is 0 Å². The summed E-state index contributed by atoms with van der Waals surface area (Å²) in [6.45, 7) is 13.6. The molecule has 204 valence electrons. The van der Waals surface area contributed by atoms with Gasteiger partial charge in [0.15, 0.2) is 0 Å². The molecule has 0 bridgehead atoms. The summed E-state index contributed by atoms with van der Waals surface area (Å²) < 4.78 is 0. The molecule has 0 aromatic heterocycles. The number of aryl methyl sites for hydroxylation is 6. The molecule has 4 aromatic carbocycles. The van der Waals surface area contributed by atoms with E-state index >= 15 is 0 Å². The Morgan fingerprint density at radius 1 is 0.282 bits per heavy atom. The molecule has 0 amide bonds. The molecular weight excluding hydrogens is 468 g/mol. The number of rotatable bonds is 12. The summed E-state index contributed by atoms with van der Waals surface area (Å²) in [7, 11) is 0. The molecule has 0 unspecified atom stereocenters. The zero-order chi connectivity index (χ0) is 27.8. The first-order chi connectivity index (χ1) is 19.0. The molecule has 0 aliphatic carbocycles. The number of hydrogen-bond donors (Lipinski definition) is 0. The van der Waals surface area contributed by atoms with Crippen molar-refractivity contribution in [3.05, 3.63) is 140 Å². The van der Waals surface area contributed by atoms with E-state index in [1.54, 1.807) is 0 Å². The predicted octanol–water partition coefficient (Wildman–Crippen LogP) is 9.83. The maximum Gasteiger partial charge on any atom is -0.00229 e. The van der Waals surface area contributed by atoms with Crippen molar-refractivity contribution >= 4 is 0 Å². The first-order valence-corrected chi connectivity index (χ1v) is 15.4. The summed E-state index contributed by atoms with van der Waals surface area (Å²) in [5.41, 5.74) is 17.6. The van der Waals surface area contributed by atoms with Gasteiger partial charge in [-0.15, -0.1) is 0 Å². The molecule has 0 atom stereocenters. The lowest BCUT2D eigenvalue weighted by atomic mass is 9.90. The molecule has 0 spiro atoms. The van der Waals surface area contributed by atoms with Crippen LogP contribution < -0.4 is 0 Å². The van der Waals surface area contributed by atoms with Gasteiger partial charge in [-0.3, -0.25) is 0 Å². The van der Waals surface area contributed by atoms with Crippen LogP contribution in [0.3, 0.4) is 0 Å². The van der Waals surface area contributed by atoms with Gasteiger partial charge in [0.05, 0.1) is 0 Å². The Bertz CT molecular complexity index is 1280. The van der Waals surface area contributed by atoms with E-state index in [4.69, 9.17) is 0 Å². The summed E-state index contributed by atoms with van der Waals surface area (Å²) >= 11 is 0. The molecule has 0 fully saturated rings. The minimum absolute atomic E-state index is 0.997. The van der Waals surface area contributed by atoms with Crippen LogP contribution in [0.25, 0.3) is 0 Å². The fourth-order valence-electron chi connectivity index (χ4n) is 6.18. The molecule has 39 heavy (non-hydrogen) atoms. The molecule has 4 aromatic rings. The first-order valence-electron chi connectivity index (χ1n) is 15.4. The highest BCUT2D eigenvalue weighted by Gasteiger charge is 2.10. The van der Waals surface area contributed by atoms with Gasteiger partial charge in [0.1, 0.15) is 0 Å². The lowest BCUT2D eigenvalue weighted by Gasteiger charge is -2.15. The van der Waals surface area contributed by atoms with Crippen molar-refractivity contribution in [3.8, 4) is 0 Å². The van der Waals surface area contributed by atoms with Gasteiger partial charge >= 0.3 is 0 Å². The van der Waals surface area contributed by atoms with Crippen molar-refractivity contribution in [1.82, 2.24) is 0 Å². The topological polar surface area (TPSA) is 0 Å². The van der Waals surface area contributed by atoms with Crippen molar-refractivity contribution in [2.24, 2.45) is 0 Å². The van der Waals surface area contributed by atoms with Gasteiger partial charge in [-0.2, -0.15) is 0 Å². The Kier molecular flexibility index (Phi) is 10.2. The smallest absolute Gasteiger partial charge is 0.00229 e. The summed E-state index contributed by atoms with van der Waals surface area (Å²) in [6, 6.07) is 28.6. The standard InChI is InChI=1S/C39H48/c1-7-32-17-13-30(24-34(32)9-3)26-38-19-15-28(22-36(38)11-5)21-29-16-20-39(37(12-6)23-29)27-31-14-18-33(8-2)35(10-4)25-31/h13-20,22-25H,7-12,21,26-27H2,1-6H3. The van der Waals surface area contributed by atoms with Crippen LogP contribution >= 0.6 is 0 Å². The summed E-state index contributed by atoms with van der Waals surface area (Å²) in [5, 5.41) is 0. The van der Waals surface area contributed by atoms with E-state index in [1.165, 1.54) is 66.8 Å². The van der Waals surface area contributed by atoms with Gasteiger partial charge in [-0.1, -0.05) is 114 Å². The molecule has 0 nitrogen and oxygen atoms in total. The summed E-state index contributed by atoms with van der Waals surface area (Å²) in [6.07, 6.45) is 9.65. The number of hydrogen-bond acceptors (Lipinski definition) is 0. The molecule has 0 heterocycles. The van der Waals surface area contributed by atoms with E-state index in [0.717, 1.165) is 57.8 Å². The predicted molar refractivity (Wildman–Crippen MR) is 170 cm³/mol. The van der Waals surface area contributed by atoms with E-state index in [0.29, 0.717) is 0 Å². The fourth-order valence-corrected chi connectivity index (χ4v) is 6.18. The Labute approximate surface area is 238 Å².